The average molecular weight is 207 g/mol. The van der Waals surface area contributed by atoms with Gasteiger partial charge in [-0.05, 0) is 6.92 Å². The van der Waals surface area contributed by atoms with E-state index in [9.17, 15) is 0 Å². The molecule has 0 aliphatic carbocycles. The summed E-state index contributed by atoms with van der Waals surface area (Å²) in [5, 5.41) is 17.0. The van der Waals surface area contributed by atoms with Crippen LogP contribution in [0.25, 0.3) is 0 Å². The van der Waals surface area contributed by atoms with Gasteiger partial charge in [0.1, 0.15) is 5.82 Å². The third kappa shape index (κ3) is 2.18. The Hall–Kier alpha value is -1.76. The normalized spacial score (nSPS) is 12.9. The molecular formula is C8H13N7. The van der Waals surface area contributed by atoms with Crippen LogP contribution in [0.2, 0.25) is 0 Å². The number of H-pyrrole nitrogens is 1. The van der Waals surface area contributed by atoms with Crippen molar-refractivity contribution in [2.75, 3.05) is 0 Å². The number of rotatable bonds is 4. The predicted octanol–water partition coefficient (Wildman–Crippen LogP) is -0.216. The maximum atomic E-state index is 4.21. The number of imidazole rings is 1. The molecule has 0 saturated carbocycles. The number of hydrogen-bond donors (Lipinski definition) is 2. The summed E-state index contributed by atoms with van der Waals surface area (Å²) in [5.74, 6) is 1.63. The molecular weight excluding hydrogens is 194 g/mol. The van der Waals surface area contributed by atoms with Crippen molar-refractivity contribution >= 4 is 0 Å². The summed E-state index contributed by atoms with van der Waals surface area (Å²) in [6.45, 7) is 2.66. The Bertz CT molecular complexity index is 404. The van der Waals surface area contributed by atoms with Gasteiger partial charge in [-0.1, -0.05) is 5.21 Å². The van der Waals surface area contributed by atoms with Gasteiger partial charge in [0.05, 0.1) is 12.6 Å². The average Bonchev–Trinajstić information content (AvgIpc) is 2.85. The first-order valence-corrected chi connectivity index (χ1v) is 4.70. The molecule has 0 bridgehead atoms. The highest BCUT2D eigenvalue weighted by Crippen LogP contribution is 2.04. The lowest BCUT2D eigenvalue weighted by molar-refractivity contribution is 0.526. The molecule has 7 heteroatoms. The Kier molecular flexibility index (Phi) is 2.72. The van der Waals surface area contributed by atoms with Gasteiger partial charge in [-0.15, -0.1) is 10.2 Å². The summed E-state index contributed by atoms with van der Waals surface area (Å²) in [7, 11) is 1.96. The Morgan fingerprint density at radius 3 is 3.07 bits per heavy atom. The van der Waals surface area contributed by atoms with Crippen molar-refractivity contribution < 1.29 is 0 Å². The van der Waals surface area contributed by atoms with Crippen LogP contribution in [0.4, 0.5) is 0 Å². The molecule has 1 unspecified atom stereocenters. The minimum Gasteiger partial charge on any atom is -0.337 e. The number of nitrogens with one attached hydrogen (secondary N) is 2. The van der Waals surface area contributed by atoms with Gasteiger partial charge in [-0.2, -0.15) is 5.21 Å². The van der Waals surface area contributed by atoms with E-state index < -0.39 is 0 Å². The van der Waals surface area contributed by atoms with Crippen LogP contribution >= 0.6 is 0 Å². The molecule has 15 heavy (non-hydrogen) atoms. The van der Waals surface area contributed by atoms with E-state index in [0.717, 1.165) is 5.82 Å². The van der Waals surface area contributed by atoms with E-state index in [4.69, 9.17) is 0 Å². The fourth-order valence-corrected chi connectivity index (χ4v) is 1.26. The zero-order chi connectivity index (χ0) is 10.7. The van der Waals surface area contributed by atoms with Crippen LogP contribution in [0.15, 0.2) is 12.4 Å². The molecule has 2 aromatic rings. The Labute approximate surface area is 86.9 Å². The highest BCUT2D eigenvalue weighted by Gasteiger charge is 2.10. The first-order chi connectivity index (χ1) is 7.27. The molecule has 1 atom stereocenters. The minimum atomic E-state index is 0.0560. The topological polar surface area (TPSA) is 84.3 Å². The van der Waals surface area contributed by atoms with Crippen LogP contribution in [-0.4, -0.2) is 30.2 Å². The van der Waals surface area contributed by atoms with Crippen LogP contribution in [0.5, 0.6) is 0 Å². The predicted molar refractivity (Wildman–Crippen MR) is 52.6 cm³/mol. The molecule has 0 aromatic carbocycles. The smallest absolute Gasteiger partial charge is 0.191 e. The molecule has 80 valence electrons. The monoisotopic (exact) mass is 207 g/mol. The summed E-state index contributed by atoms with van der Waals surface area (Å²) in [4.78, 5) is 4.21. The Morgan fingerprint density at radius 1 is 1.60 bits per heavy atom. The Morgan fingerprint density at radius 2 is 2.47 bits per heavy atom. The molecule has 0 amide bonds. The van der Waals surface area contributed by atoms with Gasteiger partial charge >= 0.3 is 0 Å². The number of aryl methyl sites for hydroxylation is 1. The van der Waals surface area contributed by atoms with Gasteiger partial charge in [0, 0.05) is 19.4 Å². The first-order valence-electron chi connectivity index (χ1n) is 4.70. The molecule has 0 fully saturated rings. The second-order valence-corrected chi connectivity index (χ2v) is 3.33. The molecule has 0 saturated heterocycles. The lowest BCUT2D eigenvalue weighted by atomic mass is 10.3. The number of aromatic nitrogens is 6. The number of nitrogens with zero attached hydrogens (tertiary/aromatic N) is 5. The number of hydrogen-bond acceptors (Lipinski definition) is 5. The number of aromatic amines is 1. The molecule has 2 heterocycles. The van der Waals surface area contributed by atoms with Gasteiger partial charge in [0.15, 0.2) is 5.82 Å². The fourth-order valence-electron chi connectivity index (χ4n) is 1.26. The van der Waals surface area contributed by atoms with Crippen LogP contribution in [-0.2, 0) is 13.6 Å². The van der Waals surface area contributed by atoms with Crippen molar-refractivity contribution in [2.24, 2.45) is 7.05 Å². The van der Waals surface area contributed by atoms with Gasteiger partial charge in [-0.3, -0.25) is 0 Å². The highest BCUT2D eigenvalue weighted by molar-refractivity contribution is 4.93. The Balaban J connectivity index is 1.91. The summed E-state index contributed by atoms with van der Waals surface area (Å²) in [6.07, 6.45) is 3.69. The van der Waals surface area contributed by atoms with Crippen molar-refractivity contribution in [2.45, 2.75) is 19.5 Å². The minimum absolute atomic E-state index is 0.0560. The maximum absolute atomic E-state index is 4.21. The van der Waals surface area contributed by atoms with Crippen molar-refractivity contribution in [3.8, 4) is 0 Å². The number of tetrazole rings is 1. The van der Waals surface area contributed by atoms with Crippen LogP contribution in [0.3, 0.4) is 0 Å². The van der Waals surface area contributed by atoms with Crippen LogP contribution in [0.1, 0.15) is 24.6 Å². The molecule has 2 rings (SSSR count). The fraction of sp³-hybridized carbons (Fsp3) is 0.500. The zero-order valence-corrected chi connectivity index (χ0v) is 8.68. The lowest BCUT2D eigenvalue weighted by Gasteiger charge is -2.09. The molecule has 0 spiro atoms. The standard InChI is InChI=1S/C8H13N7/c1-6(8-11-13-14-12-8)10-5-7-9-3-4-15(7)2/h3-4,6,10H,5H2,1-2H3,(H,11,12,13,14). The molecule has 0 radical (unpaired) electrons. The lowest BCUT2D eigenvalue weighted by Crippen LogP contribution is -2.21. The summed E-state index contributed by atoms with van der Waals surface area (Å²) >= 11 is 0. The van der Waals surface area contributed by atoms with Crippen molar-refractivity contribution in [3.63, 3.8) is 0 Å². The van der Waals surface area contributed by atoms with E-state index in [0.29, 0.717) is 12.4 Å². The summed E-state index contributed by atoms with van der Waals surface area (Å²) in [5.41, 5.74) is 0. The van der Waals surface area contributed by atoms with Crippen LogP contribution in [0, 0.1) is 0 Å². The summed E-state index contributed by atoms with van der Waals surface area (Å²) in [6, 6.07) is 0.0560. The largest absolute Gasteiger partial charge is 0.337 e. The molecule has 2 aromatic heterocycles. The third-order valence-corrected chi connectivity index (χ3v) is 2.24. The summed E-state index contributed by atoms with van der Waals surface area (Å²) < 4.78 is 1.97. The SMILES string of the molecule is CC(NCc1nccn1C)c1nn[nH]n1. The molecule has 2 N–H and O–H groups in total. The van der Waals surface area contributed by atoms with Gasteiger partial charge in [0.2, 0.25) is 0 Å². The van der Waals surface area contributed by atoms with Crippen molar-refractivity contribution in [1.29, 1.82) is 0 Å². The molecule has 0 aliphatic rings. The van der Waals surface area contributed by atoms with Crippen molar-refractivity contribution in [3.05, 3.63) is 24.0 Å². The van der Waals surface area contributed by atoms with E-state index in [-0.39, 0.29) is 6.04 Å². The van der Waals surface area contributed by atoms with Crippen LogP contribution < -0.4 is 5.32 Å². The maximum Gasteiger partial charge on any atom is 0.191 e. The van der Waals surface area contributed by atoms with E-state index in [1.165, 1.54) is 0 Å². The zero-order valence-electron chi connectivity index (χ0n) is 8.68. The third-order valence-electron chi connectivity index (χ3n) is 2.24. The van der Waals surface area contributed by atoms with E-state index >= 15 is 0 Å². The second-order valence-electron chi connectivity index (χ2n) is 3.33. The molecule has 0 aliphatic heterocycles. The van der Waals surface area contributed by atoms with Crippen molar-refractivity contribution in [1.82, 2.24) is 35.5 Å². The molecule has 7 nitrogen and oxygen atoms in total. The highest BCUT2D eigenvalue weighted by atomic mass is 15.5. The van der Waals surface area contributed by atoms with Gasteiger partial charge < -0.3 is 9.88 Å². The second kappa shape index (κ2) is 4.18. The van der Waals surface area contributed by atoms with E-state index in [1.54, 1.807) is 6.20 Å². The quantitative estimate of drug-likeness (QED) is 0.724. The van der Waals surface area contributed by atoms with Gasteiger partial charge in [0.25, 0.3) is 0 Å². The van der Waals surface area contributed by atoms with Gasteiger partial charge in [-0.25, -0.2) is 4.98 Å². The van der Waals surface area contributed by atoms with E-state index in [1.807, 2.05) is 24.7 Å². The van der Waals surface area contributed by atoms with E-state index in [2.05, 4.69) is 30.9 Å². The first kappa shape index (κ1) is 9.78.